The molecule has 1 aliphatic rings. The molecule has 1 atom stereocenters. The molecule has 0 saturated carbocycles. The Kier molecular flexibility index (Phi) is 6.27. The molecule has 1 fully saturated rings. The van der Waals surface area contributed by atoms with Crippen LogP contribution in [0, 0.1) is 6.92 Å². The molecule has 2 heterocycles. The Labute approximate surface area is 159 Å². The molecule has 1 saturated heterocycles. The summed E-state index contributed by atoms with van der Waals surface area (Å²) in [5.41, 5.74) is 2.89. The zero-order valence-corrected chi connectivity index (χ0v) is 16.6. The molecule has 3 rings (SSSR count). The summed E-state index contributed by atoms with van der Waals surface area (Å²) in [5, 5.41) is 0.492. The summed E-state index contributed by atoms with van der Waals surface area (Å²) in [7, 11) is 0. The Bertz CT molecular complexity index is 745. The van der Waals surface area contributed by atoms with Gasteiger partial charge in [-0.2, -0.15) is 0 Å². The number of rotatable bonds is 5. The fourth-order valence-electron chi connectivity index (χ4n) is 3.21. The van der Waals surface area contributed by atoms with Gasteiger partial charge in [-0.1, -0.05) is 42.1 Å². The highest BCUT2D eigenvalue weighted by Gasteiger charge is 2.27. The van der Waals surface area contributed by atoms with Gasteiger partial charge in [0.25, 0.3) is 0 Å². The second kappa shape index (κ2) is 8.64. The zero-order valence-electron chi connectivity index (χ0n) is 15.7. The summed E-state index contributed by atoms with van der Waals surface area (Å²) < 4.78 is 0. The molecule has 1 aromatic carbocycles. The van der Waals surface area contributed by atoms with Gasteiger partial charge in [0, 0.05) is 11.3 Å². The minimum Gasteiger partial charge on any atom is -0.332 e. The lowest BCUT2D eigenvalue weighted by Gasteiger charge is -2.32. The molecule has 2 aromatic rings. The normalized spacial score (nSPS) is 16.5. The SMILES string of the molecule is CC[NH+]1CCN(C(=O)[C@@H](C)Sc2nc(C)cc(-c3ccccc3)n2)CC1. The van der Waals surface area contributed by atoms with Crippen molar-refractivity contribution >= 4 is 17.7 Å². The van der Waals surface area contributed by atoms with Crippen molar-refractivity contribution in [1.29, 1.82) is 0 Å². The van der Waals surface area contributed by atoms with E-state index in [1.165, 1.54) is 11.8 Å². The third-order valence-electron chi connectivity index (χ3n) is 4.82. The van der Waals surface area contributed by atoms with Crippen LogP contribution in [-0.4, -0.2) is 58.7 Å². The minimum absolute atomic E-state index is 0.177. The average Bonchev–Trinajstić information content (AvgIpc) is 2.67. The summed E-state index contributed by atoms with van der Waals surface area (Å²) in [4.78, 5) is 25.5. The fraction of sp³-hybridized carbons (Fsp3) is 0.450. The van der Waals surface area contributed by atoms with Gasteiger partial charge in [0.2, 0.25) is 5.91 Å². The molecule has 0 unspecified atom stereocenters. The second-order valence-corrected chi connectivity index (χ2v) is 8.04. The van der Waals surface area contributed by atoms with Gasteiger partial charge in [-0.15, -0.1) is 0 Å². The molecular formula is C20H27N4OS+. The number of benzene rings is 1. The van der Waals surface area contributed by atoms with E-state index in [9.17, 15) is 4.79 Å². The number of hydrogen-bond donors (Lipinski definition) is 1. The van der Waals surface area contributed by atoms with Crippen molar-refractivity contribution in [3.05, 3.63) is 42.1 Å². The van der Waals surface area contributed by atoms with Crippen molar-refractivity contribution in [2.45, 2.75) is 31.2 Å². The summed E-state index contributed by atoms with van der Waals surface area (Å²) in [6, 6.07) is 12.1. The molecule has 0 spiro atoms. The van der Waals surface area contributed by atoms with E-state index in [4.69, 9.17) is 0 Å². The molecule has 1 amide bonds. The van der Waals surface area contributed by atoms with Crippen LogP contribution in [0.3, 0.4) is 0 Å². The topological polar surface area (TPSA) is 50.5 Å². The minimum atomic E-state index is -0.177. The van der Waals surface area contributed by atoms with Crippen molar-refractivity contribution in [3.8, 4) is 11.3 Å². The number of carbonyl (C=O) groups is 1. The average molecular weight is 372 g/mol. The molecule has 138 valence electrons. The number of nitrogens with zero attached hydrogens (tertiary/aromatic N) is 3. The molecule has 1 aromatic heterocycles. The number of piperazine rings is 1. The van der Waals surface area contributed by atoms with Gasteiger partial charge in [0.05, 0.1) is 43.7 Å². The fourth-order valence-corrected chi connectivity index (χ4v) is 4.13. The number of aryl methyl sites for hydroxylation is 1. The maximum absolute atomic E-state index is 12.8. The molecule has 6 heteroatoms. The standard InChI is InChI=1S/C20H26N4OS/c1-4-23-10-12-24(13-11-23)19(25)16(3)26-20-21-15(2)14-18(22-20)17-8-6-5-7-9-17/h5-9,14,16H,4,10-13H2,1-3H3/p+1/t16-/m1/s1. The number of thioether (sulfide) groups is 1. The second-order valence-electron chi connectivity index (χ2n) is 6.73. The van der Waals surface area contributed by atoms with Crippen molar-refractivity contribution in [3.63, 3.8) is 0 Å². The lowest BCUT2D eigenvalue weighted by atomic mass is 10.1. The number of amides is 1. The van der Waals surface area contributed by atoms with E-state index in [1.54, 1.807) is 4.90 Å². The summed E-state index contributed by atoms with van der Waals surface area (Å²) in [5.74, 6) is 0.191. The zero-order chi connectivity index (χ0) is 18.5. The van der Waals surface area contributed by atoms with Crippen LogP contribution >= 0.6 is 11.8 Å². The third-order valence-corrected chi connectivity index (χ3v) is 5.76. The van der Waals surface area contributed by atoms with Crippen molar-refractivity contribution in [2.75, 3.05) is 32.7 Å². The predicted octanol–water partition coefficient (Wildman–Crippen LogP) is 1.68. The Morgan fingerprint density at radius 3 is 2.58 bits per heavy atom. The van der Waals surface area contributed by atoms with Gasteiger partial charge in [0.15, 0.2) is 5.16 Å². The van der Waals surface area contributed by atoms with Crippen LogP contribution < -0.4 is 4.90 Å². The van der Waals surface area contributed by atoms with E-state index in [0.717, 1.165) is 49.7 Å². The lowest BCUT2D eigenvalue weighted by Crippen LogP contribution is -3.14. The summed E-state index contributed by atoms with van der Waals surface area (Å²) >= 11 is 1.45. The Hall–Kier alpha value is -1.92. The summed E-state index contributed by atoms with van der Waals surface area (Å²) in [6.45, 7) is 11.0. The van der Waals surface area contributed by atoms with Crippen LogP contribution in [0.1, 0.15) is 19.5 Å². The molecule has 26 heavy (non-hydrogen) atoms. The Morgan fingerprint density at radius 2 is 1.92 bits per heavy atom. The van der Waals surface area contributed by atoms with E-state index >= 15 is 0 Å². The van der Waals surface area contributed by atoms with E-state index in [2.05, 4.69) is 16.9 Å². The number of carbonyl (C=O) groups excluding carboxylic acids is 1. The van der Waals surface area contributed by atoms with Crippen molar-refractivity contribution in [1.82, 2.24) is 14.9 Å². The quantitative estimate of drug-likeness (QED) is 0.642. The number of hydrogen-bond acceptors (Lipinski definition) is 4. The number of aromatic nitrogens is 2. The number of likely N-dealkylation sites (N-methyl/N-ethyl adjacent to an activating group) is 1. The highest BCUT2D eigenvalue weighted by atomic mass is 32.2. The molecule has 0 bridgehead atoms. The monoisotopic (exact) mass is 371 g/mol. The van der Waals surface area contributed by atoms with Gasteiger partial charge < -0.3 is 9.80 Å². The highest BCUT2D eigenvalue weighted by molar-refractivity contribution is 8.00. The van der Waals surface area contributed by atoms with Crippen LogP contribution in [-0.2, 0) is 4.79 Å². The first-order chi connectivity index (χ1) is 12.6. The van der Waals surface area contributed by atoms with Gasteiger partial charge in [0.1, 0.15) is 0 Å². The molecule has 0 radical (unpaired) electrons. The molecule has 5 nitrogen and oxygen atoms in total. The smallest absolute Gasteiger partial charge is 0.236 e. The first-order valence-electron chi connectivity index (χ1n) is 9.27. The molecule has 0 aliphatic carbocycles. The molecule has 1 aliphatic heterocycles. The van der Waals surface area contributed by atoms with Crippen LogP contribution in [0.15, 0.2) is 41.6 Å². The van der Waals surface area contributed by atoms with Crippen LogP contribution in [0.4, 0.5) is 0 Å². The molecular weight excluding hydrogens is 344 g/mol. The van der Waals surface area contributed by atoms with Crippen molar-refractivity contribution in [2.24, 2.45) is 0 Å². The lowest BCUT2D eigenvalue weighted by molar-refractivity contribution is -0.902. The van der Waals surface area contributed by atoms with Gasteiger partial charge in [-0.25, -0.2) is 9.97 Å². The van der Waals surface area contributed by atoms with Gasteiger partial charge in [-0.3, -0.25) is 4.79 Å². The maximum Gasteiger partial charge on any atom is 0.236 e. The van der Waals surface area contributed by atoms with Crippen LogP contribution in [0.2, 0.25) is 0 Å². The van der Waals surface area contributed by atoms with Crippen LogP contribution in [0.25, 0.3) is 11.3 Å². The van der Waals surface area contributed by atoms with E-state index < -0.39 is 0 Å². The first-order valence-corrected chi connectivity index (χ1v) is 10.1. The Balaban J connectivity index is 1.68. The van der Waals surface area contributed by atoms with E-state index in [1.807, 2.05) is 55.1 Å². The highest BCUT2D eigenvalue weighted by Crippen LogP contribution is 2.25. The predicted molar refractivity (Wildman–Crippen MR) is 105 cm³/mol. The van der Waals surface area contributed by atoms with E-state index in [0.29, 0.717) is 5.16 Å². The van der Waals surface area contributed by atoms with Gasteiger partial charge in [-0.05, 0) is 26.8 Å². The largest absolute Gasteiger partial charge is 0.332 e. The van der Waals surface area contributed by atoms with Gasteiger partial charge >= 0.3 is 0 Å². The summed E-state index contributed by atoms with van der Waals surface area (Å²) in [6.07, 6.45) is 0. The molecule has 1 N–H and O–H groups in total. The third kappa shape index (κ3) is 4.62. The first kappa shape index (κ1) is 18.9. The number of quaternary nitrogens is 1. The van der Waals surface area contributed by atoms with E-state index in [-0.39, 0.29) is 11.2 Å². The number of nitrogens with one attached hydrogen (secondary N) is 1. The van der Waals surface area contributed by atoms with Crippen LogP contribution in [0.5, 0.6) is 0 Å². The Morgan fingerprint density at radius 1 is 1.23 bits per heavy atom. The maximum atomic E-state index is 12.8. The van der Waals surface area contributed by atoms with Crippen molar-refractivity contribution < 1.29 is 9.69 Å².